The van der Waals surface area contributed by atoms with Gasteiger partial charge in [0.2, 0.25) is 11.8 Å². The maximum atomic E-state index is 12.0. The van der Waals surface area contributed by atoms with Crippen molar-refractivity contribution in [3.05, 3.63) is 0 Å². The van der Waals surface area contributed by atoms with Gasteiger partial charge in [0, 0.05) is 17.5 Å². The quantitative estimate of drug-likeness (QED) is 0.736. The zero-order valence-corrected chi connectivity index (χ0v) is 13.7. The predicted octanol–water partition coefficient (Wildman–Crippen LogP) is 1.35. The third-order valence-corrected chi connectivity index (χ3v) is 3.54. The molecule has 0 aromatic rings. The topological polar surface area (TPSA) is 84.2 Å². The van der Waals surface area contributed by atoms with Crippen LogP contribution in [0.2, 0.25) is 0 Å². The molecule has 1 fully saturated rings. The Hall–Kier alpha value is -0.810. The smallest absolute Gasteiger partial charge is 0.242 e. The first-order valence-corrected chi connectivity index (χ1v) is 7.07. The fraction of sp³-hybridized carbons (Fsp3) is 0.857. The molecule has 6 heteroatoms. The van der Waals surface area contributed by atoms with Gasteiger partial charge in [-0.3, -0.25) is 9.59 Å². The van der Waals surface area contributed by atoms with Crippen molar-refractivity contribution in [1.82, 2.24) is 10.6 Å². The van der Waals surface area contributed by atoms with Crippen molar-refractivity contribution in [2.45, 2.75) is 71.5 Å². The van der Waals surface area contributed by atoms with Crippen molar-refractivity contribution in [1.29, 1.82) is 0 Å². The lowest BCUT2D eigenvalue weighted by Crippen LogP contribution is -2.51. The average Bonchev–Trinajstić information content (AvgIpc) is 2.30. The Morgan fingerprint density at radius 3 is 2.10 bits per heavy atom. The van der Waals surface area contributed by atoms with E-state index >= 15 is 0 Å². The number of nitrogens with one attached hydrogen (secondary N) is 2. The normalized spacial score (nSPS) is 24.2. The summed E-state index contributed by atoms with van der Waals surface area (Å²) >= 11 is 0. The summed E-state index contributed by atoms with van der Waals surface area (Å²) in [6.07, 6.45) is 3.75. The van der Waals surface area contributed by atoms with E-state index in [9.17, 15) is 9.59 Å². The van der Waals surface area contributed by atoms with Gasteiger partial charge in [-0.25, -0.2) is 0 Å². The Labute approximate surface area is 127 Å². The molecule has 118 valence electrons. The molecule has 0 aliphatic heterocycles. The molecule has 20 heavy (non-hydrogen) atoms. The van der Waals surface area contributed by atoms with Gasteiger partial charge in [-0.2, -0.15) is 0 Å². The van der Waals surface area contributed by atoms with Gasteiger partial charge in [-0.15, -0.1) is 12.4 Å². The van der Waals surface area contributed by atoms with E-state index in [1.807, 2.05) is 20.8 Å². The van der Waals surface area contributed by atoms with Crippen molar-refractivity contribution in [3.8, 4) is 0 Å². The molecule has 0 heterocycles. The van der Waals surface area contributed by atoms with E-state index < -0.39 is 11.5 Å². The highest BCUT2D eigenvalue weighted by Crippen LogP contribution is 2.17. The minimum absolute atomic E-state index is 0. The average molecular weight is 306 g/mol. The van der Waals surface area contributed by atoms with Gasteiger partial charge in [0.15, 0.2) is 0 Å². The zero-order chi connectivity index (χ0) is 14.6. The summed E-state index contributed by atoms with van der Waals surface area (Å²) in [4.78, 5) is 23.8. The first-order valence-electron chi connectivity index (χ1n) is 7.07. The van der Waals surface area contributed by atoms with Gasteiger partial charge < -0.3 is 16.4 Å². The summed E-state index contributed by atoms with van der Waals surface area (Å²) in [7, 11) is 0. The first-order chi connectivity index (χ1) is 8.70. The molecule has 0 radical (unpaired) electrons. The molecule has 1 atom stereocenters. The standard InChI is InChI=1S/C14H27N3O2.ClH/c1-9(16-13(19)14(2,3)4)12(18)17-11-7-5-10(15)6-8-11;/h9-11H,5-8,15H2,1-4H3,(H,16,19)(H,17,18);1H. The molecular weight excluding hydrogens is 278 g/mol. The lowest BCUT2D eigenvalue weighted by atomic mass is 9.91. The Morgan fingerprint density at radius 1 is 1.15 bits per heavy atom. The van der Waals surface area contributed by atoms with Crippen LogP contribution in [0.4, 0.5) is 0 Å². The lowest BCUT2D eigenvalue weighted by Gasteiger charge is -2.28. The second kappa shape index (κ2) is 7.84. The van der Waals surface area contributed by atoms with Gasteiger partial charge in [0.05, 0.1) is 0 Å². The summed E-state index contributed by atoms with van der Waals surface area (Å²) in [5.41, 5.74) is 5.35. The van der Waals surface area contributed by atoms with Crippen LogP contribution in [0.5, 0.6) is 0 Å². The van der Waals surface area contributed by atoms with Gasteiger partial charge >= 0.3 is 0 Å². The number of carbonyl (C=O) groups is 2. The molecule has 5 nitrogen and oxygen atoms in total. The van der Waals surface area contributed by atoms with Crippen molar-refractivity contribution in [3.63, 3.8) is 0 Å². The van der Waals surface area contributed by atoms with E-state index in [-0.39, 0.29) is 36.3 Å². The highest BCUT2D eigenvalue weighted by atomic mass is 35.5. The summed E-state index contributed by atoms with van der Waals surface area (Å²) < 4.78 is 0. The van der Waals surface area contributed by atoms with Crippen LogP contribution in [0.3, 0.4) is 0 Å². The third-order valence-electron chi connectivity index (χ3n) is 3.54. The minimum Gasteiger partial charge on any atom is -0.352 e. The summed E-state index contributed by atoms with van der Waals surface area (Å²) in [5.74, 6) is -0.223. The molecule has 0 bridgehead atoms. The van der Waals surface area contributed by atoms with Gasteiger partial charge in [-0.1, -0.05) is 20.8 Å². The molecule has 0 aromatic heterocycles. The van der Waals surface area contributed by atoms with Crippen LogP contribution < -0.4 is 16.4 Å². The van der Waals surface area contributed by atoms with Crippen molar-refractivity contribution in [2.24, 2.45) is 11.1 Å². The van der Waals surface area contributed by atoms with Crippen LogP contribution in [-0.2, 0) is 9.59 Å². The van der Waals surface area contributed by atoms with E-state index in [1.165, 1.54) is 0 Å². The van der Waals surface area contributed by atoms with E-state index in [2.05, 4.69) is 10.6 Å². The van der Waals surface area contributed by atoms with E-state index in [4.69, 9.17) is 5.73 Å². The minimum atomic E-state index is -0.498. The van der Waals surface area contributed by atoms with Crippen LogP contribution in [0, 0.1) is 5.41 Å². The molecule has 4 N–H and O–H groups in total. The van der Waals surface area contributed by atoms with Crippen LogP contribution in [-0.4, -0.2) is 29.9 Å². The monoisotopic (exact) mass is 305 g/mol. The Bertz CT molecular complexity index is 334. The third kappa shape index (κ3) is 6.09. The Balaban J connectivity index is 0.00000361. The second-order valence-corrected chi connectivity index (χ2v) is 6.57. The maximum absolute atomic E-state index is 12.0. The van der Waals surface area contributed by atoms with Gasteiger partial charge in [0.1, 0.15) is 6.04 Å². The fourth-order valence-electron chi connectivity index (χ4n) is 2.07. The largest absolute Gasteiger partial charge is 0.352 e. The lowest BCUT2D eigenvalue weighted by molar-refractivity contribution is -0.133. The van der Waals surface area contributed by atoms with Crippen LogP contribution >= 0.6 is 12.4 Å². The fourth-order valence-corrected chi connectivity index (χ4v) is 2.07. The van der Waals surface area contributed by atoms with Gasteiger partial charge in [-0.05, 0) is 32.6 Å². The molecular formula is C14H28ClN3O2. The molecule has 1 aliphatic carbocycles. The summed E-state index contributed by atoms with van der Waals surface area (Å²) in [6, 6.07) is -0.0326. The molecule has 1 unspecified atom stereocenters. The van der Waals surface area contributed by atoms with E-state index in [0.717, 1.165) is 25.7 Å². The molecule has 0 aromatic carbocycles. The molecule has 0 spiro atoms. The van der Waals surface area contributed by atoms with Crippen molar-refractivity contribution in [2.75, 3.05) is 0 Å². The second-order valence-electron chi connectivity index (χ2n) is 6.57. The number of halogens is 1. The highest BCUT2D eigenvalue weighted by molar-refractivity contribution is 5.89. The number of rotatable bonds is 3. The number of hydrogen-bond acceptors (Lipinski definition) is 3. The van der Waals surface area contributed by atoms with Crippen molar-refractivity contribution >= 4 is 24.2 Å². The SMILES string of the molecule is CC(NC(=O)C(C)(C)C)C(=O)NC1CCC(N)CC1.Cl. The predicted molar refractivity (Wildman–Crippen MR) is 82.7 cm³/mol. The number of hydrogen-bond donors (Lipinski definition) is 3. The zero-order valence-electron chi connectivity index (χ0n) is 12.9. The van der Waals surface area contributed by atoms with Crippen LogP contribution in [0.1, 0.15) is 53.4 Å². The summed E-state index contributed by atoms with van der Waals surface area (Å²) in [6.45, 7) is 7.20. The Kier molecular flexibility index (Phi) is 7.52. The highest BCUT2D eigenvalue weighted by Gasteiger charge is 2.27. The number of amides is 2. The molecule has 1 aliphatic rings. The maximum Gasteiger partial charge on any atom is 0.242 e. The van der Waals surface area contributed by atoms with Crippen molar-refractivity contribution < 1.29 is 9.59 Å². The Morgan fingerprint density at radius 2 is 1.65 bits per heavy atom. The molecule has 1 rings (SSSR count). The summed E-state index contributed by atoms with van der Waals surface area (Å²) in [5, 5.41) is 5.73. The number of carbonyl (C=O) groups excluding carboxylic acids is 2. The molecule has 2 amide bonds. The first kappa shape index (κ1) is 19.2. The van der Waals surface area contributed by atoms with Crippen LogP contribution in [0.25, 0.3) is 0 Å². The van der Waals surface area contributed by atoms with Crippen LogP contribution in [0.15, 0.2) is 0 Å². The van der Waals surface area contributed by atoms with E-state index in [1.54, 1.807) is 6.92 Å². The molecule has 1 saturated carbocycles. The molecule has 0 saturated heterocycles. The number of nitrogens with two attached hydrogens (primary N) is 1. The van der Waals surface area contributed by atoms with Gasteiger partial charge in [0.25, 0.3) is 0 Å². The van der Waals surface area contributed by atoms with E-state index in [0.29, 0.717) is 0 Å².